The maximum atomic E-state index is 12.6. The average molecular weight is 456 g/mol. The van der Waals surface area contributed by atoms with Crippen LogP contribution >= 0.6 is 0 Å². The largest absolute Gasteiger partial charge is 0.349 e. The Bertz CT molecular complexity index is 1270. The molecule has 2 N–H and O–H groups in total. The number of hydrogen-bond acceptors (Lipinski definition) is 6. The number of piperidine rings is 2. The number of aromatic amines is 1. The number of carbonyl (C=O) groups is 1. The minimum absolute atomic E-state index is 0.141. The molecule has 2 unspecified atom stereocenters. The summed E-state index contributed by atoms with van der Waals surface area (Å²) in [5.74, 6) is 3.37. The molecule has 0 bridgehead atoms. The summed E-state index contributed by atoms with van der Waals surface area (Å²) in [5.41, 5.74) is 3.66. The van der Waals surface area contributed by atoms with Crippen LogP contribution in [0.15, 0.2) is 42.5 Å². The molecule has 2 atom stereocenters. The van der Waals surface area contributed by atoms with E-state index in [1.807, 2.05) is 26.2 Å². The molecule has 3 saturated carbocycles. The molecular formula is C26H29N7O. The second-order valence-electron chi connectivity index (χ2n) is 10.8. The van der Waals surface area contributed by atoms with Crippen molar-refractivity contribution in [1.82, 2.24) is 25.1 Å². The van der Waals surface area contributed by atoms with Gasteiger partial charge in [-0.15, -0.1) is 0 Å². The standard InChI is InChI=1S/C26H29N7O/c1-32(2)23(34)22-25-13-26(22,25)15-33(14-25)24-27-18(10-16-6-4-3-5-7-16)11-20(29-24)28-21-12-19(30-31-21)17-8-9-17/h3-7,11-12,17,22H,8-10,13-15H2,1-2H3,(H2,27,28,29,30,31). The zero-order valence-corrected chi connectivity index (χ0v) is 19.6. The van der Waals surface area contributed by atoms with Crippen LogP contribution in [0.1, 0.15) is 42.1 Å². The number of amides is 1. The SMILES string of the molecule is CN(C)C(=O)C1C23CN(c4nc(Cc5ccccc5)cc(Nc5cc(C6CC6)[nH]n5)n4)CC12C3. The van der Waals surface area contributed by atoms with E-state index < -0.39 is 0 Å². The predicted molar refractivity (Wildman–Crippen MR) is 129 cm³/mol. The molecule has 3 aromatic rings. The summed E-state index contributed by atoms with van der Waals surface area (Å²) in [6.45, 7) is 1.72. The van der Waals surface area contributed by atoms with Crippen molar-refractivity contribution < 1.29 is 4.79 Å². The van der Waals surface area contributed by atoms with Gasteiger partial charge in [-0.05, 0) is 24.8 Å². The van der Waals surface area contributed by atoms with Gasteiger partial charge >= 0.3 is 0 Å². The Kier molecular flexibility index (Phi) is 4.00. The van der Waals surface area contributed by atoms with Gasteiger partial charge in [0, 0.05) is 68.2 Å². The number of nitrogens with one attached hydrogen (secondary N) is 2. The molecule has 7 rings (SSSR count). The number of H-pyrrole nitrogens is 1. The molecule has 8 heteroatoms. The minimum atomic E-state index is 0.141. The van der Waals surface area contributed by atoms with Crippen molar-refractivity contribution in [3.63, 3.8) is 0 Å². The molecule has 3 aliphatic carbocycles. The molecule has 1 amide bonds. The third kappa shape index (κ3) is 2.97. The van der Waals surface area contributed by atoms with E-state index >= 15 is 0 Å². The molecule has 2 aromatic heterocycles. The summed E-state index contributed by atoms with van der Waals surface area (Å²) >= 11 is 0. The number of aromatic nitrogens is 4. The van der Waals surface area contributed by atoms with E-state index in [9.17, 15) is 4.79 Å². The Morgan fingerprint density at radius 2 is 1.88 bits per heavy atom. The fourth-order valence-electron chi connectivity index (χ4n) is 6.27. The smallest absolute Gasteiger partial charge is 0.227 e. The summed E-state index contributed by atoms with van der Waals surface area (Å²) in [7, 11) is 3.72. The molecule has 4 fully saturated rings. The van der Waals surface area contributed by atoms with Crippen LogP contribution < -0.4 is 10.2 Å². The minimum Gasteiger partial charge on any atom is -0.349 e. The van der Waals surface area contributed by atoms with Gasteiger partial charge in [-0.2, -0.15) is 10.1 Å². The van der Waals surface area contributed by atoms with Crippen molar-refractivity contribution in [2.45, 2.75) is 31.6 Å². The van der Waals surface area contributed by atoms with Gasteiger partial charge in [-0.1, -0.05) is 30.3 Å². The molecular weight excluding hydrogens is 426 g/mol. The van der Waals surface area contributed by atoms with Crippen molar-refractivity contribution in [1.29, 1.82) is 0 Å². The van der Waals surface area contributed by atoms with Gasteiger partial charge in [0.1, 0.15) is 5.82 Å². The summed E-state index contributed by atoms with van der Waals surface area (Å²) in [4.78, 5) is 26.5. The molecule has 1 aliphatic heterocycles. The quantitative estimate of drug-likeness (QED) is 0.568. The molecule has 0 spiro atoms. The van der Waals surface area contributed by atoms with Crippen LogP contribution in [0.4, 0.5) is 17.6 Å². The molecule has 1 saturated heterocycles. The number of carbonyl (C=O) groups excluding carboxylic acids is 1. The summed E-state index contributed by atoms with van der Waals surface area (Å²) in [6, 6.07) is 14.5. The summed E-state index contributed by atoms with van der Waals surface area (Å²) in [5, 5.41) is 11.0. The topological polar surface area (TPSA) is 90.0 Å². The van der Waals surface area contributed by atoms with Crippen LogP contribution in [0, 0.1) is 16.7 Å². The van der Waals surface area contributed by atoms with Crippen molar-refractivity contribution in [3.05, 3.63) is 59.4 Å². The van der Waals surface area contributed by atoms with Gasteiger partial charge in [-0.25, -0.2) is 4.98 Å². The number of hydrogen-bond donors (Lipinski definition) is 2. The fraction of sp³-hybridized carbons (Fsp3) is 0.462. The highest BCUT2D eigenvalue weighted by Crippen LogP contribution is 2.92. The first-order valence-corrected chi connectivity index (χ1v) is 12.2. The van der Waals surface area contributed by atoms with Crippen molar-refractivity contribution in [2.24, 2.45) is 16.7 Å². The molecule has 3 heterocycles. The lowest BCUT2D eigenvalue weighted by Crippen LogP contribution is -2.40. The normalized spacial score (nSPS) is 28.3. The molecule has 0 radical (unpaired) electrons. The Balaban J connectivity index is 1.16. The zero-order chi connectivity index (χ0) is 23.1. The van der Waals surface area contributed by atoms with Crippen molar-refractivity contribution in [3.8, 4) is 0 Å². The van der Waals surface area contributed by atoms with Gasteiger partial charge in [0.15, 0.2) is 5.82 Å². The third-order valence-corrected chi connectivity index (χ3v) is 8.30. The van der Waals surface area contributed by atoms with Crippen LogP contribution in [-0.4, -0.2) is 58.2 Å². The van der Waals surface area contributed by atoms with Crippen LogP contribution in [0.2, 0.25) is 0 Å². The van der Waals surface area contributed by atoms with E-state index in [4.69, 9.17) is 9.97 Å². The highest BCUT2D eigenvalue weighted by molar-refractivity contribution is 5.88. The fourth-order valence-corrected chi connectivity index (χ4v) is 6.27. The van der Waals surface area contributed by atoms with Crippen LogP contribution in [0.3, 0.4) is 0 Å². The second-order valence-corrected chi connectivity index (χ2v) is 10.8. The summed E-state index contributed by atoms with van der Waals surface area (Å²) in [6.07, 6.45) is 4.37. The van der Waals surface area contributed by atoms with Crippen LogP contribution in [0.25, 0.3) is 0 Å². The lowest BCUT2D eigenvalue weighted by atomic mass is 9.96. The Hall–Kier alpha value is -3.42. The van der Waals surface area contributed by atoms with E-state index in [0.717, 1.165) is 49.2 Å². The van der Waals surface area contributed by atoms with Gasteiger partial charge < -0.3 is 15.1 Å². The van der Waals surface area contributed by atoms with Crippen LogP contribution in [0.5, 0.6) is 0 Å². The van der Waals surface area contributed by atoms with E-state index in [-0.39, 0.29) is 22.7 Å². The lowest BCUT2D eigenvalue weighted by Gasteiger charge is -2.30. The van der Waals surface area contributed by atoms with Gasteiger partial charge in [0.2, 0.25) is 11.9 Å². The molecule has 174 valence electrons. The monoisotopic (exact) mass is 455 g/mol. The van der Waals surface area contributed by atoms with Crippen LogP contribution in [-0.2, 0) is 11.2 Å². The van der Waals surface area contributed by atoms with Gasteiger partial charge in [-0.3, -0.25) is 9.89 Å². The van der Waals surface area contributed by atoms with Crippen molar-refractivity contribution in [2.75, 3.05) is 37.4 Å². The maximum absolute atomic E-state index is 12.6. The Morgan fingerprint density at radius 3 is 2.59 bits per heavy atom. The molecule has 34 heavy (non-hydrogen) atoms. The molecule has 1 aromatic carbocycles. The Labute approximate surface area is 198 Å². The van der Waals surface area contributed by atoms with E-state index in [0.29, 0.717) is 5.92 Å². The zero-order valence-electron chi connectivity index (χ0n) is 19.6. The van der Waals surface area contributed by atoms with Gasteiger partial charge in [0.25, 0.3) is 0 Å². The van der Waals surface area contributed by atoms with Gasteiger partial charge in [0.05, 0.1) is 11.6 Å². The first-order valence-electron chi connectivity index (χ1n) is 12.2. The highest BCUT2D eigenvalue weighted by Gasteiger charge is 2.95. The summed E-state index contributed by atoms with van der Waals surface area (Å²) < 4.78 is 0. The average Bonchev–Trinajstić information content (AvgIpc) is 3.76. The number of benzene rings is 1. The first-order chi connectivity index (χ1) is 16.5. The molecule has 4 aliphatic rings. The van der Waals surface area contributed by atoms with E-state index in [1.165, 1.54) is 24.1 Å². The second kappa shape index (κ2) is 6.81. The van der Waals surface area contributed by atoms with Crippen molar-refractivity contribution >= 4 is 23.5 Å². The molecule has 8 nitrogen and oxygen atoms in total. The number of rotatable bonds is 7. The number of nitrogens with zero attached hydrogens (tertiary/aromatic N) is 5. The lowest BCUT2D eigenvalue weighted by molar-refractivity contribution is -0.132. The first kappa shape index (κ1) is 20.0. The van der Waals surface area contributed by atoms with E-state index in [1.54, 1.807) is 4.90 Å². The van der Waals surface area contributed by atoms with E-state index in [2.05, 4.69) is 50.7 Å². The predicted octanol–water partition coefficient (Wildman–Crippen LogP) is 3.33. The number of anilines is 3. The third-order valence-electron chi connectivity index (χ3n) is 8.30. The maximum Gasteiger partial charge on any atom is 0.227 e. The highest BCUT2D eigenvalue weighted by atomic mass is 16.2. The Morgan fingerprint density at radius 1 is 1.12 bits per heavy atom.